The molecule has 0 aromatic heterocycles. The second-order valence-corrected chi connectivity index (χ2v) is 8.46. The highest BCUT2D eigenvalue weighted by Crippen LogP contribution is 2.19. The zero-order valence-electron chi connectivity index (χ0n) is 19.4. The molecule has 1 rings (SSSR count). The number of amides is 3. The molecule has 174 valence electrons. The standard InChI is InChI=1S/C23H38N4O4/c1-15(2)21(26-16(3)4)20(28)13-18(7-6-12-25-23(24)30)22(29)27-19-10-8-17(9-11-19)14-31-5/h8-11,15-16,18,21,26H,6-7,12-14H2,1-5H3,(H,27,29)(H3,24,25,30)/t18-,21+/m1/s1. The molecule has 1 aromatic rings. The first kappa shape index (κ1) is 26.6. The van der Waals surface area contributed by atoms with E-state index in [1.54, 1.807) is 7.11 Å². The van der Waals surface area contributed by atoms with E-state index in [1.807, 2.05) is 52.0 Å². The van der Waals surface area contributed by atoms with Gasteiger partial charge in [-0.2, -0.15) is 0 Å². The minimum atomic E-state index is -0.603. The fourth-order valence-electron chi connectivity index (χ4n) is 3.37. The summed E-state index contributed by atoms with van der Waals surface area (Å²) in [5, 5.41) is 8.74. The minimum absolute atomic E-state index is 0.0159. The summed E-state index contributed by atoms with van der Waals surface area (Å²) in [4.78, 5) is 36.9. The predicted molar refractivity (Wildman–Crippen MR) is 123 cm³/mol. The summed E-state index contributed by atoms with van der Waals surface area (Å²) in [5.41, 5.74) is 6.77. The molecule has 0 spiro atoms. The van der Waals surface area contributed by atoms with Gasteiger partial charge in [-0.3, -0.25) is 9.59 Å². The van der Waals surface area contributed by atoms with Crippen LogP contribution in [0.4, 0.5) is 10.5 Å². The van der Waals surface area contributed by atoms with Crippen molar-refractivity contribution in [3.8, 4) is 0 Å². The van der Waals surface area contributed by atoms with Crippen LogP contribution in [0.25, 0.3) is 0 Å². The van der Waals surface area contributed by atoms with Crippen LogP contribution in [0.15, 0.2) is 24.3 Å². The van der Waals surface area contributed by atoms with Gasteiger partial charge in [0.25, 0.3) is 0 Å². The number of nitrogens with two attached hydrogens (primary N) is 1. The number of anilines is 1. The van der Waals surface area contributed by atoms with E-state index >= 15 is 0 Å². The number of carbonyl (C=O) groups is 3. The molecule has 1 aromatic carbocycles. The summed E-state index contributed by atoms with van der Waals surface area (Å²) in [5.74, 6) is -0.583. The topological polar surface area (TPSA) is 123 Å². The van der Waals surface area contributed by atoms with Crippen molar-refractivity contribution in [2.75, 3.05) is 19.0 Å². The van der Waals surface area contributed by atoms with Crippen molar-refractivity contribution in [3.05, 3.63) is 29.8 Å². The predicted octanol–water partition coefficient (Wildman–Crippen LogP) is 2.82. The summed E-state index contributed by atoms with van der Waals surface area (Å²) in [6.45, 7) is 8.83. The molecule has 8 nitrogen and oxygen atoms in total. The van der Waals surface area contributed by atoms with Gasteiger partial charge in [0.05, 0.1) is 12.6 Å². The molecule has 2 atom stereocenters. The molecule has 0 bridgehead atoms. The Balaban J connectivity index is 2.86. The lowest BCUT2D eigenvalue weighted by Crippen LogP contribution is -2.45. The van der Waals surface area contributed by atoms with Gasteiger partial charge in [0.1, 0.15) is 0 Å². The maximum absolute atomic E-state index is 13.0. The van der Waals surface area contributed by atoms with Crippen molar-refractivity contribution in [3.63, 3.8) is 0 Å². The number of primary amides is 1. The van der Waals surface area contributed by atoms with Gasteiger partial charge in [-0.15, -0.1) is 0 Å². The molecule has 0 fully saturated rings. The number of hydrogen-bond acceptors (Lipinski definition) is 5. The normalized spacial score (nSPS) is 13.1. The Labute approximate surface area is 185 Å². The summed E-state index contributed by atoms with van der Waals surface area (Å²) in [6, 6.07) is 6.65. The van der Waals surface area contributed by atoms with E-state index in [2.05, 4.69) is 16.0 Å². The van der Waals surface area contributed by atoms with Gasteiger partial charge >= 0.3 is 6.03 Å². The average molecular weight is 435 g/mol. The molecule has 0 aliphatic rings. The third kappa shape index (κ3) is 10.4. The number of ether oxygens (including phenoxy) is 1. The molecular formula is C23H38N4O4. The van der Waals surface area contributed by atoms with Crippen LogP contribution in [-0.4, -0.2) is 43.5 Å². The molecule has 0 aliphatic carbocycles. The molecule has 31 heavy (non-hydrogen) atoms. The van der Waals surface area contributed by atoms with E-state index < -0.39 is 11.9 Å². The maximum Gasteiger partial charge on any atom is 0.312 e. The lowest BCUT2D eigenvalue weighted by molar-refractivity contribution is -0.128. The van der Waals surface area contributed by atoms with Crippen molar-refractivity contribution < 1.29 is 19.1 Å². The van der Waals surface area contributed by atoms with Crippen molar-refractivity contribution in [1.82, 2.24) is 10.6 Å². The largest absolute Gasteiger partial charge is 0.380 e. The zero-order valence-corrected chi connectivity index (χ0v) is 19.4. The molecule has 3 amide bonds. The van der Waals surface area contributed by atoms with Crippen molar-refractivity contribution >= 4 is 23.4 Å². The van der Waals surface area contributed by atoms with Gasteiger partial charge in [0.15, 0.2) is 5.78 Å². The highest BCUT2D eigenvalue weighted by Gasteiger charge is 2.28. The number of ketones is 1. The highest BCUT2D eigenvalue weighted by molar-refractivity contribution is 5.96. The number of urea groups is 1. The smallest absolute Gasteiger partial charge is 0.312 e. The van der Waals surface area contributed by atoms with Gasteiger partial charge in [-0.25, -0.2) is 4.79 Å². The Morgan fingerprint density at radius 1 is 1.06 bits per heavy atom. The average Bonchev–Trinajstić information content (AvgIpc) is 2.69. The van der Waals surface area contributed by atoms with E-state index in [9.17, 15) is 14.4 Å². The van der Waals surface area contributed by atoms with Crippen molar-refractivity contribution in [2.45, 2.75) is 65.6 Å². The molecule has 0 aliphatic heterocycles. The molecule has 0 unspecified atom stereocenters. The maximum atomic E-state index is 13.0. The Morgan fingerprint density at radius 3 is 2.23 bits per heavy atom. The van der Waals surface area contributed by atoms with E-state index in [-0.39, 0.29) is 36.1 Å². The molecule has 0 saturated carbocycles. The third-order valence-corrected chi connectivity index (χ3v) is 4.91. The molecule has 0 heterocycles. The van der Waals surface area contributed by atoms with E-state index in [4.69, 9.17) is 10.5 Å². The first-order chi connectivity index (χ1) is 14.6. The second-order valence-electron chi connectivity index (χ2n) is 8.46. The van der Waals surface area contributed by atoms with Crippen molar-refractivity contribution in [2.24, 2.45) is 17.6 Å². The van der Waals surface area contributed by atoms with Crippen LogP contribution in [0.2, 0.25) is 0 Å². The van der Waals surface area contributed by atoms with Crippen LogP contribution in [-0.2, 0) is 20.9 Å². The Hall–Kier alpha value is -2.45. The van der Waals surface area contributed by atoms with Gasteiger partial charge in [0.2, 0.25) is 5.91 Å². The van der Waals surface area contributed by atoms with Crippen LogP contribution >= 0.6 is 0 Å². The van der Waals surface area contributed by atoms with Crippen LogP contribution in [0, 0.1) is 11.8 Å². The van der Waals surface area contributed by atoms with Gasteiger partial charge in [0, 0.05) is 37.7 Å². The summed E-state index contributed by atoms with van der Waals surface area (Å²) >= 11 is 0. The molecular weight excluding hydrogens is 396 g/mol. The van der Waals surface area contributed by atoms with Crippen LogP contribution in [0.1, 0.15) is 52.5 Å². The summed E-state index contributed by atoms with van der Waals surface area (Å²) in [7, 11) is 1.63. The highest BCUT2D eigenvalue weighted by atomic mass is 16.5. The van der Waals surface area contributed by atoms with Crippen LogP contribution in [0.5, 0.6) is 0 Å². The fraction of sp³-hybridized carbons (Fsp3) is 0.609. The lowest BCUT2D eigenvalue weighted by atomic mass is 9.89. The van der Waals surface area contributed by atoms with Crippen molar-refractivity contribution in [1.29, 1.82) is 0 Å². The number of nitrogens with one attached hydrogen (secondary N) is 3. The monoisotopic (exact) mass is 434 g/mol. The zero-order chi connectivity index (χ0) is 23.4. The number of hydrogen-bond donors (Lipinski definition) is 4. The van der Waals surface area contributed by atoms with Gasteiger partial charge in [-0.1, -0.05) is 39.8 Å². The Morgan fingerprint density at radius 2 is 1.71 bits per heavy atom. The van der Waals surface area contributed by atoms with E-state index in [0.717, 1.165) is 5.56 Å². The van der Waals surface area contributed by atoms with E-state index in [0.29, 0.717) is 31.7 Å². The van der Waals surface area contributed by atoms with E-state index in [1.165, 1.54) is 0 Å². The van der Waals surface area contributed by atoms with Crippen LogP contribution in [0.3, 0.4) is 0 Å². The Bertz CT molecular complexity index is 704. The second kappa shape index (κ2) is 13.8. The first-order valence-electron chi connectivity index (χ1n) is 10.8. The Kier molecular flexibility index (Phi) is 11.8. The number of methoxy groups -OCH3 is 1. The quantitative estimate of drug-likeness (QED) is 0.335. The first-order valence-corrected chi connectivity index (χ1v) is 10.8. The summed E-state index contributed by atoms with van der Waals surface area (Å²) < 4.78 is 5.10. The third-order valence-electron chi connectivity index (χ3n) is 4.91. The lowest BCUT2D eigenvalue weighted by Gasteiger charge is -2.25. The van der Waals surface area contributed by atoms with Gasteiger partial charge < -0.3 is 26.4 Å². The number of rotatable bonds is 14. The molecule has 5 N–H and O–H groups in total. The number of benzene rings is 1. The molecule has 0 radical (unpaired) electrons. The van der Waals surface area contributed by atoms with Crippen LogP contribution < -0.4 is 21.7 Å². The summed E-state index contributed by atoms with van der Waals surface area (Å²) in [6.07, 6.45) is 1.14. The SMILES string of the molecule is COCc1ccc(NC(=O)[C@H](CCCNC(N)=O)CC(=O)[C@@H](NC(C)C)C(C)C)cc1. The fourth-order valence-corrected chi connectivity index (χ4v) is 3.37. The molecule has 8 heteroatoms. The number of Topliss-reactive ketones (excluding diaryl/α,β-unsaturated/α-hetero) is 1. The minimum Gasteiger partial charge on any atom is -0.380 e. The van der Waals surface area contributed by atoms with Gasteiger partial charge in [-0.05, 0) is 36.5 Å². The number of carbonyl (C=O) groups excluding carboxylic acids is 3. The molecule has 0 saturated heterocycles.